The number of sulfonamides is 1. The van der Waals surface area contributed by atoms with Crippen LogP contribution in [0.5, 0.6) is 0 Å². The van der Waals surface area contributed by atoms with Gasteiger partial charge in [0.2, 0.25) is 21.8 Å². The molecule has 0 unspecified atom stereocenters. The Morgan fingerprint density at radius 3 is 2.41 bits per heavy atom. The molecule has 1 atom stereocenters. The second kappa shape index (κ2) is 9.66. The van der Waals surface area contributed by atoms with Crippen LogP contribution in [0.25, 0.3) is 0 Å². The number of anilines is 1. The van der Waals surface area contributed by atoms with Crippen LogP contribution in [0.3, 0.4) is 0 Å². The van der Waals surface area contributed by atoms with Gasteiger partial charge in [-0.2, -0.15) is 4.72 Å². The summed E-state index contributed by atoms with van der Waals surface area (Å²) in [5.41, 5.74) is 1.51. The molecule has 29 heavy (non-hydrogen) atoms. The molecule has 2 N–H and O–H groups in total. The largest absolute Gasteiger partial charge is 0.354 e. The Morgan fingerprint density at radius 1 is 1.21 bits per heavy atom. The Labute approximate surface area is 171 Å². The summed E-state index contributed by atoms with van der Waals surface area (Å²) < 4.78 is 38.3. The highest BCUT2D eigenvalue weighted by Gasteiger charge is 2.30. The van der Waals surface area contributed by atoms with Gasteiger partial charge in [-0.15, -0.1) is 0 Å². The van der Waals surface area contributed by atoms with Crippen LogP contribution in [0.4, 0.5) is 5.69 Å². The number of methoxy groups -OCH3 is 2. The van der Waals surface area contributed by atoms with E-state index in [4.69, 9.17) is 9.47 Å². The van der Waals surface area contributed by atoms with E-state index in [1.807, 2.05) is 0 Å². The van der Waals surface area contributed by atoms with Crippen molar-refractivity contribution >= 4 is 27.5 Å². The molecule has 10 heteroatoms. The molecule has 1 aromatic carbocycles. The van der Waals surface area contributed by atoms with Gasteiger partial charge < -0.3 is 19.7 Å². The summed E-state index contributed by atoms with van der Waals surface area (Å²) in [5, 5.41) is 2.64. The summed E-state index contributed by atoms with van der Waals surface area (Å²) in [6, 6.07) is 3.67. The van der Waals surface area contributed by atoms with Gasteiger partial charge >= 0.3 is 0 Å². The van der Waals surface area contributed by atoms with Gasteiger partial charge in [-0.25, -0.2) is 8.42 Å². The molecular formula is C19H29N3O6S. The Kier molecular flexibility index (Phi) is 7.75. The van der Waals surface area contributed by atoms with E-state index in [9.17, 15) is 18.0 Å². The van der Waals surface area contributed by atoms with Gasteiger partial charge in [0, 0.05) is 33.4 Å². The summed E-state index contributed by atoms with van der Waals surface area (Å²) in [5.74, 6) is -0.831. The maximum absolute atomic E-state index is 12.9. The lowest BCUT2D eigenvalue weighted by Gasteiger charge is -2.23. The number of amides is 2. The van der Waals surface area contributed by atoms with Crippen LogP contribution in [0, 0.1) is 5.92 Å². The predicted octanol–water partition coefficient (Wildman–Crippen LogP) is 0.634. The summed E-state index contributed by atoms with van der Waals surface area (Å²) in [7, 11) is -1.04. The Hall–Kier alpha value is -2.01. The number of hydrogen-bond acceptors (Lipinski definition) is 6. The van der Waals surface area contributed by atoms with Gasteiger partial charge in [0.05, 0.1) is 11.4 Å². The molecule has 0 fully saturated rings. The Morgan fingerprint density at radius 2 is 1.86 bits per heavy atom. The van der Waals surface area contributed by atoms with Crippen molar-refractivity contribution in [3.05, 3.63) is 23.8 Å². The molecule has 0 radical (unpaired) electrons. The fourth-order valence-electron chi connectivity index (χ4n) is 3.16. The average Bonchev–Trinajstić information content (AvgIpc) is 3.10. The summed E-state index contributed by atoms with van der Waals surface area (Å²) >= 11 is 0. The first-order valence-corrected chi connectivity index (χ1v) is 10.9. The first kappa shape index (κ1) is 23.3. The minimum Gasteiger partial charge on any atom is -0.354 e. The van der Waals surface area contributed by atoms with E-state index in [0.717, 1.165) is 11.3 Å². The number of carbonyl (C=O) groups excluding carboxylic acids is 2. The summed E-state index contributed by atoms with van der Waals surface area (Å²) in [4.78, 5) is 25.9. The van der Waals surface area contributed by atoms with Crippen LogP contribution < -0.4 is 14.9 Å². The molecule has 1 aliphatic rings. The Balaban J connectivity index is 2.17. The molecule has 0 spiro atoms. The topological polar surface area (TPSA) is 114 Å². The second-order valence-corrected chi connectivity index (χ2v) is 8.91. The highest BCUT2D eigenvalue weighted by molar-refractivity contribution is 7.89. The van der Waals surface area contributed by atoms with Crippen molar-refractivity contribution < 1.29 is 27.5 Å². The molecule has 2 rings (SSSR count). The van der Waals surface area contributed by atoms with Crippen LogP contribution in [0.2, 0.25) is 0 Å². The highest BCUT2D eigenvalue weighted by Crippen LogP contribution is 2.30. The molecular weight excluding hydrogens is 398 g/mol. The number of nitrogens with zero attached hydrogens (tertiary/aromatic N) is 1. The number of benzene rings is 1. The SMILES string of the molecule is COC(CNC(=O)[C@H](NS(=O)(=O)c1ccc2c(c1)CCN2C(C)=O)C(C)C)OC. The quantitative estimate of drug-likeness (QED) is 0.559. The average molecular weight is 428 g/mol. The fraction of sp³-hybridized carbons (Fsp3) is 0.579. The second-order valence-electron chi connectivity index (χ2n) is 7.20. The monoisotopic (exact) mass is 427 g/mol. The number of hydrogen-bond donors (Lipinski definition) is 2. The predicted molar refractivity (Wildman–Crippen MR) is 108 cm³/mol. The number of fused-ring (bicyclic) bond motifs is 1. The molecule has 1 aromatic rings. The van der Waals surface area contributed by atoms with E-state index >= 15 is 0 Å². The van der Waals surface area contributed by atoms with Crippen molar-refractivity contribution in [2.45, 2.75) is 44.4 Å². The van der Waals surface area contributed by atoms with Gasteiger partial charge in [0.15, 0.2) is 6.29 Å². The van der Waals surface area contributed by atoms with Crippen LogP contribution in [-0.4, -0.2) is 59.9 Å². The van der Waals surface area contributed by atoms with Crippen molar-refractivity contribution in [3.8, 4) is 0 Å². The summed E-state index contributed by atoms with van der Waals surface area (Å²) in [6.07, 6.45) is -0.0359. The molecule has 1 aliphatic heterocycles. The van der Waals surface area contributed by atoms with E-state index in [2.05, 4.69) is 10.0 Å². The van der Waals surface area contributed by atoms with Crippen molar-refractivity contribution in [2.24, 2.45) is 5.92 Å². The van der Waals surface area contributed by atoms with Gasteiger partial charge in [-0.3, -0.25) is 9.59 Å². The molecule has 0 saturated heterocycles. The molecule has 2 amide bonds. The van der Waals surface area contributed by atoms with E-state index in [1.165, 1.54) is 27.2 Å². The van der Waals surface area contributed by atoms with Crippen LogP contribution in [-0.2, 0) is 35.5 Å². The van der Waals surface area contributed by atoms with Gasteiger partial charge in [0.25, 0.3) is 0 Å². The molecule has 0 bridgehead atoms. The standard InChI is InChI=1S/C19H29N3O6S/c1-12(2)18(19(24)20-11-17(27-4)28-5)21-29(25,26)15-6-7-16-14(10-15)8-9-22(16)13(3)23/h6-7,10,12,17-18,21H,8-9,11H2,1-5H3,(H,20,24)/t18-/m1/s1. The molecule has 9 nitrogen and oxygen atoms in total. The van der Waals surface area contributed by atoms with Gasteiger partial charge in [0.1, 0.15) is 6.04 Å². The number of nitrogens with one attached hydrogen (secondary N) is 2. The van der Waals surface area contributed by atoms with Gasteiger partial charge in [-0.05, 0) is 36.1 Å². The highest BCUT2D eigenvalue weighted by atomic mass is 32.2. The van der Waals surface area contributed by atoms with Gasteiger partial charge in [-0.1, -0.05) is 13.8 Å². The zero-order valence-electron chi connectivity index (χ0n) is 17.4. The number of ether oxygens (including phenoxy) is 2. The third-order valence-electron chi connectivity index (χ3n) is 4.84. The first-order valence-electron chi connectivity index (χ1n) is 9.37. The molecule has 0 aromatic heterocycles. The number of rotatable bonds is 9. The normalized spacial score (nSPS) is 14.9. The van der Waals surface area contributed by atoms with Crippen molar-refractivity contribution in [1.29, 1.82) is 0 Å². The lowest BCUT2D eigenvalue weighted by Crippen LogP contribution is -2.51. The maximum atomic E-state index is 12.9. The lowest BCUT2D eigenvalue weighted by molar-refractivity contribution is -0.129. The van der Waals surface area contributed by atoms with Crippen LogP contribution in [0.15, 0.2) is 23.1 Å². The summed E-state index contributed by atoms with van der Waals surface area (Å²) in [6.45, 7) is 5.61. The van der Waals surface area contributed by atoms with Crippen molar-refractivity contribution in [3.63, 3.8) is 0 Å². The van der Waals surface area contributed by atoms with E-state index in [1.54, 1.807) is 30.9 Å². The fourth-order valence-corrected chi connectivity index (χ4v) is 4.55. The van der Waals surface area contributed by atoms with Crippen LogP contribution in [0.1, 0.15) is 26.3 Å². The van der Waals surface area contributed by atoms with Crippen molar-refractivity contribution in [2.75, 3.05) is 32.2 Å². The third kappa shape index (κ3) is 5.53. The minimum absolute atomic E-state index is 0.0618. The van der Waals surface area contributed by atoms with E-state index in [-0.39, 0.29) is 23.3 Å². The number of carbonyl (C=O) groups is 2. The van der Waals surface area contributed by atoms with E-state index in [0.29, 0.717) is 13.0 Å². The maximum Gasteiger partial charge on any atom is 0.241 e. The molecule has 0 aliphatic carbocycles. The zero-order valence-corrected chi connectivity index (χ0v) is 18.2. The zero-order chi connectivity index (χ0) is 21.8. The van der Waals surface area contributed by atoms with E-state index < -0.39 is 28.3 Å². The molecule has 162 valence electrons. The first-order chi connectivity index (χ1) is 13.6. The Bertz CT molecular complexity index is 852. The smallest absolute Gasteiger partial charge is 0.241 e. The van der Waals surface area contributed by atoms with Crippen molar-refractivity contribution in [1.82, 2.24) is 10.0 Å². The minimum atomic E-state index is -3.94. The molecule has 1 heterocycles. The van der Waals surface area contributed by atoms with Crippen LogP contribution >= 0.6 is 0 Å². The third-order valence-corrected chi connectivity index (χ3v) is 6.28. The lowest BCUT2D eigenvalue weighted by atomic mass is 10.1. The molecule has 0 saturated carbocycles.